The van der Waals surface area contributed by atoms with Crippen LogP contribution in [-0.2, 0) is 0 Å². The van der Waals surface area contributed by atoms with Crippen LogP contribution in [0.4, 0.5) is 5.82 Å². The molecule has 0 saturated heterocycles. The Balaban J connectivity index is 2.41. The van der Waals surface area contributed by atoms with Gasteiger partial charge in [-0.1, -0.05) is 0 Å². The summed E-state index contributed by atoms with van der Waals surface area (Å²) >= 11 is 0. The molecule has 2 heterocycles. The van der Waals surface area contributed by atoms with Crippen molar-refractivity contribution in [3.05, 3.63) is 41.9 Å². The molecule has 1 unspecified atom stereocenters. The third-order valence-electron chi connectivity index (χ3n) is 2.89. The summed E-state index contributed by atoms with van der Waals surface area (Å²) in [5.74, 6) is 0.503. The minimum atomic E-state index is -0.497. The average molecular weight is 268 g/mol. The first-order valence-electron chi connectivity index (χ1n) is 6.36. The highest BCUT2D eigenvalue weighted by Gasteiger charge is 2.11. The zero-order valence-electron chi connectivity index (χ0n) is 11.5. The van der Waals surface area contributed by atoms with Crippen LogP contribution >= 0.6 is 0 Å². The number of aliphatic hydroxyl groups excluding tert-OH is 1. The largest absolute Gasteiger partial charge is 0.392 e. The first-order chi connectivity index (χ1) is 9.61. The maximum atomic E-state index is 9.30. The first kappa shape index (κ1) is 14.0. The standard InChI is InChI=1S/C15H16N4O/c1-10(20)9-18-15-13(8-16)7-14(11(2)19-15)12-3-5-17-6-4-12/h3-7,10,20H,9H2,1-2H3,(H,18,19). The topological polar surface area (TPSA) is 81.8 Å². The Labute approximate surface area is 117 Å². The van der Waals surface area contributed by atoms with Crippen molar-refractivity contribution in [2.45, 2.75) is 20.0 Å². The van der Waals surface area contributed by atoms with E-state index in [1.807, 2.05) is 25.1 Å². The van der Waals surface area contributed by atoms with Gasteiger partial charge < -0.3 is 10.4 Å². The zero-order chi connectivity index (χ0) is 14.5. The molecule has 0 aliphatic carbocycles. The third kappa shape index (κ3) is 3.11. The van der Waals surface area contributed by atoms with Gasteiger partial charge >= 0.3 is 0 Å². The van der Waals surface area contributed by atoms with Crippen LogP contribution in [0.2, 0.25) is 0 Å². The van der Waals surface area contributed by atoms with Crippen LogP contribution in [0.1, 0.15) is 18.2 Å². The van der Waals surface area contributed by atoms with Crippen LogP contribution < -0.4 is 5.32 Å². The van der Waals surface area contributed by atoms with Crippen LogP contribution in [0.15, 0.2) is 30.6 Å². The van der Waals surface area contributed by atoms with Crippen molar-refractivity contribution >= 4 is 5.82 Å². The highest BCUT2D eigenvalue weighted by atomic mass is 16.3. The van der Waals surface area contributed by atoms with E-state index < -0.39 is 6.10 Å². The van der Waals surface area contributed by atoms with E-state index >= 15 is 0 Å². The van der Waals surface area contributed by atoms with Gasteiger partial charge in [0.1, 0.15) is 11.9 Å². The third-order valence-corrected chi connectivity index (χ3v) is 2.89. The fraction of sp³-hybridized carbons (Fsp3) is 0.267. The molecular weight excluding hydrogens is 252 g/mol. The van der Waals surface area contributed by atoms with Crippen LogP contribution in [0, 0.1) is 18.3 Å². The van der Waals surface area contributed by atoms with Gasteiger partial charge in [0.25, 0.3) is 0 Å². The average Bonchev–Trinajstić information content (AvgIpc) is 2.46. The molecule has 0 fully saturated rings. The fourth-order valence-electron chi connectivity index (χ4n) is 1.89. The van der Waals surface area contributed by atoms with Crippen molar-refractivity contribution in [1.29, 1.82) is 5.26 Å². The molecule has 2 rings (SSSR count). The summed E-state index contributed by atoms with van der Waals surface area (Å²) in [6.07, 6.45) is 2.92. The Kier molecular flexibility index (Phi) is 4.28. The summed E-state index contributed by atoms with van der Waals surface area (Å²) in [5.41, 5.74) is 3.17. The quantitative estimate of drug-likeness (QED) is 0.887. The molecule has 0 amide bonds. The molecule has 2 aromatic heterocycles. The Morgan fingerprint density at radius 3 is 2.70 bits per heavy atom. The molecule has 5 nitrogen and oxygen atoms in total. The van der Waals surface area contributed by atoms with Crippen LogP contribution in [0.5, 0.6) is 0 Å². The van der Waals surface area contributed by atoms with Crippen molar-refractivity contribution in [1.82, 2.24) is 9.97 Å². The number of nitrogens with zero attached hydrogens (tertiary/aromatic N) is 3. The molecule has 0 spiro atoms. The van der Waals surface area contributed by atoms with Gasteiger partial charge in [0, 0.05) is 30.2 Å². The van der Waals surface area contributed by atoms with Crippen molar-refractivity contribution < 1.29 is 5.11 Å². The van der Waals surface area contributed by atoms with Crippen molar-refractivity contribution in [2.75, 3.05) is 11.9 Å². The lowest BCUT2D eigenvalue weighted by Crippen LogP contribution is -2.17. The van der Waals surface area contributed by atoms with Gasteiger partial charge in [-0.25, -0.2) is 4.98 Å². The molecule has 5 heteroatoms. The van der Waals surface area contributed by atoms with Crippen molar-refractivity contribution in [2.24, 2.45) is 0 Å². The zero-order valence-corrected chi connectivity index (χ0v) is 11.5. The Morgan fingerprint density at radius 1 is 1.40 bits per heavy atom. The molecule has 0 aliphatic heterocycles. The highest BCUT2D eigenvalue weighted by Crippen LogP contribution is 2.25. The van der Waals surface area contributed by atoms with Gasteiger partial charge in [-0.15, -0.1) is 0 Å². The molecule has 0 radical (unpaired) electrons. The van der Waals surface area contributed by atoms with Crippen LogP contribution in [0.3, 0.4) is 0 Å². The fourth-order valence-corrected chi connectivity index (χ4v) is 1.89. The number of pyridine rings is 2. The van der Waals surface area contributed by atoms with E-state index in [1.54, 1.807) is 19.3 Å². The molecule has 0 aromatic carbocycles. The lowest BCUT2D eigenvalue weighted by Gasteiger charge is -2.12. The van der Waals surface area contributed by atoms with E-state index in [4.69, 9.17) is 0 Å². The Hall–Kier alpha value is -2.45. The molecule has 0 aliphatic rings. The normalized spacial score (nSPS) is 11.7. The lowest BCUT2D eigenvalue weighted by molar-refractivity contribution is 0.208. The summed E-state index contributed by atoms with van der Waals surface area (Å²) in [6, 6.07) is 7.71. The van der Waals surface area contributed by atoms with Gasteiger partial charge in [-0.3, -0.25) is 4.98 Å². The molecular formula is C15H16N4O. The van der Waals surface area contributed by atoms with E-state index in [1.165, 1.54) is 0 Å². The number of aryl methyl sites for hydroxylation is 1. The van der Waals surface area contributed by atoms with E-state index in [-0.39, 0.29) is 0 Å². The van der Waals surface area contributed by atoms with E-state index in [0.717, 1.165) is 16.8 Å². The number of nitrogens with one attached hydrogen (secondary N) is 1. The highest BCUT2D eigenvalue weighted by molar-refractivity contribution is 5.70. The van der Waals surface area contributed by atoms with Gasteiger partial charge in [-0.2, -0.15) is 5.26 Å². The van der Waals surface area contributed by atoms with E-state index in [9.17, 15) is 10.4 Å². The van der Waals surface area contributed by atoms with Crippen LogP contribution in [0.25, 0.3) is 11.1 Å². The second-order valence-electron chi connectivity index (χ2n) is 4.60. The number of aromatic nitrogens is 2. The Morgan fingerprint density at radius 2 is 2.10 bits per heavy atom. The molecule has 0 bridgehead atoms. The molecule has 2 N–H and O–H groups in total. The molecule has 102 valence electrons. The predicted molar refractivity (Wildman–Crippen MR) is 77.1 cm³/mol. The molecule has 20 heavy (non-hydrogen) atoms. The molecule has 0 saturated carbocycles. The summed E-state index contributed by atoms with van der Waals surface area (Å²) in [5, 5.41) is 21.5. The Bertz CT molecular complexity index is 632. The number of hydrogen-bond acceptors (Lipinski definition) is 5. The number of rotatable bonds is 4. The summed E-state index contributed by atoms with van der Waals surface area (Å²) in [4.78, 5) is 8.41. The van der Waals surface area contributed by atoms with Gasteiger partial charge in [-0.05, 0) is 37.6 Å². The van der Waals surface area contributed by atoms with E-state index in [2.05, 4.69) is 21.4 Å². The lowest BCUT2D eigenvalue weighted by atomic mass is 10.0. The second kappa shape index (κ2) is 6.13. The number of anilines is 1. The van der Waals surface area contributed by atoms with E-state index in [0.29, 0.717) is 17.9 Å². The smallest absolute Gasteiger partial charge is 0.144 e. The monoisotopic (exact) mass is 268 g/mol. The number of nitriles is 1. The summed E-state index contributed by atoms with van der Waals surface area (Å²) < 4.78 is 0. The van der Waals surface area contributed by atoms with Gasteiger partial charge in [0.15, 0.2) is 0 Å². The molecule has 1 atom stereocenters. The first-order valence-corrected chi connectivity index (χ1v) is 6.36. The second-order valence-corrected chi connectivity index (χ2v) is 4.60. The number of aliphatic hydroxyl groups is 1. The van der Waals surface area contributed by atoms with Gasteiger partial charge in [0.05, 0.1) is 11.7 Å². The minimum Gasteiger partial charge on any atom is -0.392 e. The van der Waals surface area contributed by atoms with Crippen LogP contribution in [-0.4, -0.2) is 27.7 Å². The minimum absolute atomic E-state index is 0.357. The maximum Gasteiger partial charge on any atom is 0.144 e. The van der Waals surface area contributed by atoms with Crippen molar-refractivity contribution in [3.8, 4) is 17.2 Å². The summed E-state index contributed by atoms with van der Waals surface area (Å²) in [7, 11) is 0. The number of hydrogen-bond donors (Lipinski definition) is 2. The van der Waals surface area contributed by atoms with Crippen molar-refractivity contribution in [3.63, 3.8) is 0 Å². The predicted octanol–water partition coefficient (Wildman–Crippen LogP) is 2.12. The van der Waals surface area contributed by atoms with Gasteiger partial charge in [0.2, 0.25) is 0 Å². The maximum absolute atomic E-state index is 9.30. The molecule has 2 aromatic rings. The summed E-state index contributed by atoms with van der Waals surface area (Å²) in [6.45, 7) is 3.93. The SMILES string of the molecule is Cc1nc(NCC(C)O)c(C#N)cc1-c1ccncc1.